The summed E-state index contributed by atoms with van der Waals surface area (Å²) in [5.41, 5.74) is 0.552. The number of carbonyl (C=O) groups excluding carboxylic acids is 1. The predicted molar refractivity (Wildman–Crippen MR) is 113 cm³/mol. The van der Waals surface area contributed by atoms with Crippen LogP contribution in [0.1, 0.15) is 24.9 Å². The van der Waals surface area contributed by atoms with Crippen LogP contribution in [0.3, 0.4) is 0 Å². The van der Waals surface area contributed by atoms with Crippen molar-refractivity contribution in [2.75, 3.05) is 12.0 Å². The SMILES string of the molecule is CSCCC(NS(=O)(=O)c1ccccc1)C(=O)NC(C)c1cccc(OC(F)F)c1. The molecule has 0 saturated heterocycles. The zero-order valence-electron chi connectivity index (χ0n) is 16.5. The van der Waals surface area contributed by atoms with E-state index in [1.165, 1.54) is 36.0 Å². The first-order valence-electron chi connectivity index (χ1n) is 9.14. The van der Waals surface area contributed by atoms with Gasteiger partial charge in [-0.05, 0) is 55.2 Å². The molecule has 2 aromatic rings. The van der Waals surface area contributed by atoms with Gasteiger partial charge >= 0.3 is 6.61 Å². The van der Waals surface area contributed by atoms with E-state index in [1.807, 2.05) is 6.26 Å². The van der Waals surface area contributed by atoms with Crippen molar-refractivity contribution in [3.8, 4) is 5.75 Å². The van der Waals surface area contributed by atoms with Gasteiger partial charge in [-0.1, -0.05) is 30.3 Å². The Morgan fingerprint density at radius 1 is 1.13 bits per heavy atom. The van der Waals surface area contributed by atoms with Crippen molar-refractivity contribution < 1.29 is 26.7 Å². The molecule has 2 unspecified atom stereocenters. The molecule has 0 aliphatic heterocycles. The van der Waals surface area contributed by atoms with Gasteiger partial charge in [-0.25, -0.2) is 8.42 Å². The van der Waals surface area contributed by atoms with Crippen molar-refractivity contribution >= 4 is 27.7 Å². The van der Waals surface area contributed by atoms with Crippen LogP contribution in [0.15, 0.2) is 59.5 Å². The molecule has 0 bridgehead atoms. The summed E-state index contributed by atoms with van der Waals surface area (Å²) in [7, 11) is -3.88. The van der Waals surface area contributed by atoms with Crippen LogP contribution < -0.4 is 14.8 Å². The summed E-state index contributed by atoms with van der Waals surface area (Å²) >= 11 is 1.49. The fourth-order valence-corrected chi connectivity index (χ4v) is 4.41. The van der Waals surface area contributed by atoms with Gasteiger partial charge in [0.25, 0.3) is 0 Å². The summed E-state index contributed by atoms with van der Waals surface area (Å²) in [6.07, 6.45) is 2.15. The molecule has 0 aromatic heterocycles. The molecule has 0 aliphatic rings. The summed E-state index contributed by atoms with van der Waals surface area (Å²) in [5.74, 6) is 0.0464. The Morgan fingerprint density at radius 2 is 1.83 bits per heavy atom. The number of hydrogen-bond donors (Lipinski definition) is 2. The fourth-order valence-electron chi connectivity index (χ4n) is 2.69. The van der Waals surface area contributed by atoms with E-state index in [0.29, 0.717) is 17.7 Å². The first-order valence-corrected chi connectivity index (χ1v) is 12.0. The summed E-state index contributed by atoms with van der Waals surface area (Å²) in [6, 6.07) is 12.3. The molecule has 0 saturated carbocycles. The average molecular weight is 459 g/mol. The van der Waals surface area contributed by atoms with Crippen LogP contribution in [-0.2, 0) is 14.8 Å². The minimum absolute atomic E-state index is 0.0210. The Bertz CT molecular complexity index is 927. The lowest BCUT2D eigenvalue weighted by Gasteiger charge is -2.22. The highest BCUT2D eigenvalue weighted by Gasteiger charge is 2.26. The van der Waals surface area contributed by atoms with Crippen LogP contribution in [0.2, 0.25) is 0 Å². The largest absolute Gasteiger partial charge is 0.435 e. The van der Waals surface area contributed by atoms with Gasteiger partial charge in [0.1, 0.15) is 11.8 Å². The van der Waals surface area contributed by atoms with Crippen molar-refractivity contribution in [2.45, 2.75) is 36.9 Å². The van der Waals surface area contributed by atoms with Crippen molar-refractivity contribution in [2.24, 2.45) is 0 Å². The van der Waals surface area contributed by atoms with Crippen LogP contribution in [0.25, 0.3) is 0 Å². The number of hydrogen-bond acceptors (Lipinski definition) is 5. The van der Waals surface area contributed by atoms with E-state index in [2.05, 4.69) is 14.8 Å². The number of alkyl halides is 2. The first kappa shape index (κ1) is 24.1. The second-order valence-electron chi connectivity index (χ2n) is 6.45. The Hall–Kier alpha value is -2.17. The second-order valence-corrected chi connectivity index (χ2v) is 9.15. The molecule has 0 fully saturated rings. The number of ether oxygens (including phenoxy) is 1. The summed E-state index contributed by atoms with van der Waals surface area (Å²) in [5, 5.41) is 2.74. The molecule has 10 heteroatoms. The van der Waals surface area contributed by atoms with Crippen LogP contribution in [0.5, 0.6) is 5.75 Å². The van der Waals surface area contributed by atoms with Crippen LogP contribution in [0, 0.1) is 0 Å². The number of carbonyl (C=O) groups is 1. The number of benzene rings is 2. The van der Waals surface area contributed by atoms with Crippen molar-refractivity contribution in [3.05, 3.63) is 60.2 Å². The van der Waals surface area contributed by atoms with E-state index in [0.717, 1.165) is 0 Å². The van der Waals surface area contributed by atoms with E-state index in [9.17, 15) is 22.0 Å². The number of rotatable bonds is 11. The van der Waals surface area contributed by atoms with Crippen molar-refractivity contribution in [3.63, 3.8) is 0 Å². The molecule has 30 heavy (non-hydrogen) atoms. The van der Waals surface area contributed by atoms with Crippen LogP contribution in [-0.4, -0.2) is 39.0 Å². The third-order valence-electron chi connectivity index (χ3n) is 4.22. The van der Waals surface area contributed by atoms with Gasteiger partial charge < -0.3 is 10.1 Å². The van der Waals surface area contributed by atoms with Crippen LogP contribution in [0.4, 0.5) is 8.78 Å². The summed E-state index contributed by atoms with van der Waals surface area (Å²) in [6.45, 7) is -1.27. The van der Waals surface area contributed by atoms with E-state index in [1.54, 1.807) is 37.3 Å². The standard InChI is InChI=1S/C20H24F2N2O4S2/c1-14(15-7-6-8-16(13-15)28-20(21)22)23-19(25)18(11-12-29-2)24-30(26,27)17-9-4-3-5-10-17/h3-10,13-14,18,20,24H,11-12H2,1-2H3,(H,23,25). The lowest BCUT2D eigenvalue weighted by molar-refractivity contribution is -0.123. The number of sulfonamides is 1. The monoisotopic (exact) mass is 458 g/mol. The normalized spacial score (nSPS) is 13.6. The van der Waals surface area contributed by atoms with Gasteiger partial charge in [0.2, 0.25) is 15.9 Å². The van der Waals surface area contributed by atoms with Gasteiger partial charge in [-0.2, -0.15) is 25.3 Å². The molecule has 0 spiro atoms. The molecule has 1 amide bonds. The molecule has 0 heterocycles. The quantitative estimate of drug-likeness (QED) is 0.538. The maximum atomic E-state index is 12.8. The molecular weight excluding hydrogens is 434 g/mol. The number of halogens is 2. The molecule has 2 N–H and O–H groups in total. The molecule has 2 rings (SSSR count). The number of amides is 1. The third-order valence-corrected chi connectivity index (χ3v) is 6.35. The van der Waals surface area contributed by atoms with E-state index >= 15 is 0 Å². The van der Waals surface area contributed by atoms with Crippen LogP contribution >= 0.6 is 11.8 Å². The highest BCUT2D eigenvalue weighted by molar-refractivity contribution is 7.98. The molecule has 0 aliphatic carbocycles. The van der Waals surface area contributed by atoms with Crippen molar-refractivity contribution in [1.29, 1.82) is 0 Å². The molecule has 6 nitrogen and oxygen atoms in total. The minimum Gasteiger partial charge on any atom is -0.435 e. The third kappa shape index (κ3) is 7.26. The van der Waals surface area contributed by atoms with Gasteiger partial charge in [0.05, 0.1) is 10.9 Å². The molecular formula is C20H24F2N2O4S2. The summed E-state index contributed by atoms with van der Waals surface area (Å²) < 4.78 is 57.0. The maximum absolute atomic E-state index is 12.8. The van der Waals surface area contributed by atoms with Gasteiger partial charge in [-0.3, -0.25) is 4.79 Å². The van der Waals surface area contributed by atoms with Crippen molar-refractivity contribution in [1.82, 2.24) is 10.0 Å². The first-order chi connectivity index (χ1) is 14.2. The zero-order chi connectivity index (χ0) is 22.1. The predicted octanol–water partition coefficient (Wildman–Crippen LogP) is 3.57. The summed E-state index contributed by atoms with van der Waals surface area (Å²) in [4.78, 5) is 12.9. The highest BCUT2D eigenvalue weighted by atomic mass is 32.2. The highest BCUT2D eigenvalue weighted by Crippen LogP contribution is 2.21. The fraction of sp³-hybridized carbons (Fsp3) is 0.350. The molecule has 2 atom stereocenters. The average Bonchev–Trinajstić information content (AvgIpc) is 2.71. The van der Waals surface area contributed by atoms with E-state index < -0.39 is 34.6 Å². The zero-order valence-corrected chi connectivity index (χ0v) is 18.2. The molecule has 164 valence electrons. The number of nitrogens with one attached hydrogen (secondary N) is 2. The van der Waals surface area contributed by atoms with Gasteiger partial charge in [0.15, 0.2) is 0 Å². The maximum Gasteiger partial charge on any atom is 0.387 e. The topological polar surface area (TPSA) is 84.5 Å². The molecule has 0 radical (unpaired) electrons. The smallest absolute Gasteiger partial charge is 0.387 e. The Labute approximate surface area is 179 Å². The Kier molecular flexibility index (Phi) is 9.07. The van der Waals surface area contributed by atoms with Gasteiger partial charge in [0, 0.05) is 0 Å². The van der Waals surface area contributed by atoms with E-state index in [-0.39, 0.29) is 10.6 Å². The number of thioether (sulfide) groups is 1. The lowest BCUT2D eigenvalue weighted by atomic mass is 10.1. The Balaban J connectivity index is 2.13. The van der Waals surface area contributed by atoms with Gasteiger partial charge in [-0.15, -0.1) is 0 Å². The lowest BCUT2D eigenvalue weighted by Crippen LogP contribution is -2.47. The second kappa shape index (κ2) is 11.3. The minimum atomic E-state index is -3.88. The van der Waals surface area contributed by atoms with E-state index in [4.69, 9.17) is 0 Å². The Morgan fingerprint density at radius 3 is 2.47 bits per heavy atom. The molecule has 2 aromatic carbocycles.